The van der Waals surface area contributed by atoms with Crippen LogP contribution in [-0.4, -0.2) is 58.1 Å². The van der Waals surface area contributed by atoms with Gasteiger partial charge in [0.05, 0.1) is 23.9 Å². The fourth-order valence-corrected chi connectivity index (χ4v) is 3.69. The Hall–Kier alpha value is -1.40. The molecule has 0 spiro atoms. The second-order valence-corrected chi connectivity index (χ2v) is 6.83. The van der Waals surface area contributed by atoms with E-state index in [1.54, 1.807) is 6.20 Å². The fourth-order valence-electron chi connectivity index (χ4n) is 3.69. The molecule has 0 aromatic carbocycles. The summed E-state index contributed by atoms with van der Waals surface area (Å²) in [6.45, 7) is 6.71. The average molecular weight is 321 g/mol. The van der Waals surface area contributed by atoms with E-state index in [2.05, 4.69) is 5.10 Å². The molecule has 2 aliphatic rings. The van der Waals surface area contributed by atoms with Crippen molar-refractivity contribution >= 4 is 5.91 Å². The van der Waals surface area contributed by atoms with Gasteiger partial charge < -0.3 is 14.7 Å². The molecule has 1 aromatic rings. The Morgan fingerprint density at radius 1 is 1.39 bits per heavy atom. The molecule has 1 aromatic heterocycles. The number of hydrogen-bond acceptors (Lipinski definition) is 4. The lowest BCUT2D eigenvalue weighted by Gasteiger charge is -2.34. The highest BCUT2D eigenvalue weighted by molar-refractivity contribution is 5.95. The van der Waals surface area contributed by atoms with Crippen LogP contribution in [0.2, 0.25) is 0 Å². The summed E-state index contributed by atoms with van der Waals surface area (Å²) in [4.78, 5) is 14.7. The molecule has 128 valence electrons. The van der Waals surface area contributed by atoms with Crippen molar-refractivity contribution in [2.75, 3.05) is 26.3 Å². The number of hydrogen-bond donors (Lipinski definition) is 1. The number of aliphatic hydroxyl groups excluding tert-OH is 1. The number of piperidine rings is 1. The topological polar surface area (TPSA) is 67.6 Å². The number of likely N-dealkylation sites (tertiary alicyclic amines) is 1. The molecule has 2 saturated heterocycles. The lowest BCUT2D eigenvalue weighted by Crippen LogP contribution is -2.43. The highest BCUT2D eigenvalue weighted by atomic mass is 16.5. The van der Waals surface area contributed by atoms with Crippen LogP contribution >= 0.6 is 0 Å². The quantitative estimate of drug-likeness (QED) is 0.921. The second kappa shape index (κ2) is 7.01. The van der Waals surface area contributed by atoms with Crippen molar-refractivity contribution < 1.29 is 14.6 Å². The van der Waals surface area contributed by atoms with Crippen LogP contribution < -0.4 is 0 Å². The largest absolute Gasteiger partial charge is 0.393 e. The van der Waals surface area contributed by atoms with Crippen molar-refractivity contribution in [1.82, 2.24) is 14.7 Å². The Kier molecular flexibility index (Phi) is 5.02. The summed E-state index contributed by atoms with van der Waals surface area (Å²) < 4.78 is 7.40. The Bertz CT molecular complexity index is 549. The smallest absolute Gasteiger partial charge is 0.257 e. The fraction of sp³-hybridized carbons (Fsp3) is 0.765. The summed E-state index contributed by atoms with van der Waals surface area (Å²) in [5.41, 5.74) is 1.64. The van der Waals surface area contributed by atoms with Gasteiger partial charge in [0, 0.05) is 37.9 Å². The third kappa shape index (κ3) is 3.43. The van der Waals surface area contributed by atoms with Gasteiger partial charge in [-0.3, -0.25) is 9.48 Å². The van der Waals surface area contributed by atoms with E-state index in [1.807, 2.05) is 23.4 Å². The van der Waals surface area contributed by atoms with Crippen molar-refractivity contribution in [3.8, 4) is 0 Å². The molecule has 1 N–H and O–H groups in total. The van der Waals surface area contributed by atoms with Crippen LogP contribution in [0.3, 0.4) is 0 Å². The minimum Gasteiger partial charge on any atom is -0.393 e. The molecule has 0 radical (unpaired) electrons. The highest BCUT2D eigenvalue weighted by Crippen LogP contribution is 2.25. The Labute approximate surface area is 137 Å². The molecule has 1 amide bonds. The van der Waals surface area contributed by atoms with Crippen molar-refractivity contribution in [1.29, 1.82) is 0 Å². The lowest BCUT2D eigenvalue weighted by atomic mass is 9.93. The van der Waals surface area contributed by atoms with E-state index in [4.69, 9.17) is 4.74 Å². The van der Waals surface area contributed by atoms with Gasteiger partial charge >= 0.3 is 0 Å². The summed E-state index contributed by atoms with van der Waals surface area (Å²) in [6, 6.07) is 0.330. The zero-order valence-corrected chi connectivity index (χ0v) is 14.1. The van der Waals surface area contributed by atoms with Gasteiger partial charge in [-0.1, -0.05) is 0 Å². The summed E-state index contributed by atoms with van der Waals surface area (Å²) in [6.07, 6.45) is 5.18. The minimum atomic E-state index is -0.364. The maximum Gasteiger partial charge on any atom is 0.257 e. The van der Waals surface area contributed by atoms with Crippen LogP contribution in [0.5, 0.6) is 0 Å². The standard InChI is InChI=1S/C17H27N3O3/c1-12-16(10-18-20(12)15-5-8-23-9-6-15)17(22)19-7-3-4-14(11-19)13(2)21/h10,13-15,21H,3-9,11H2,1-2H3. The first-order chi connectivity index (χ1) is 11.1. The van der Waals surface area contributed by atoms with Gasteiger partial charge in [0.15, 0.2) is 0 Å². The van der Waals surface area contributed by atoms with E-state index >= 15 is 0 Å². The number of carbonyl (C=O) groups excluding carboxylic acids is 1. The number of nitrogens with zero attached hydrogens (tertiary/aromatic N) is 3. The van der Waals surface area contributed by atoms with E-state index in [1.165, 1.54) is 0 Å². The number of carbonyl (C=O) groups is 1. The number of ether oxygens (including phenoxy) is 1. The number of aliphatic hydroxyl groups is 1. The highest BCUT2D eigenvalue weighted by Gasteiger charge is 2.29. The van der Waals surface area contributed by atoms with Crippen molar-refractivity contribution in [3.63, 3.8) is 0 Å². The van der Waals surface area contributed by atoms with Crippen molar-refractivity contribution in [2.45, 2.75) is 51.7 Å². The molecule has 23 heavy (non-hydrogen) atoms. The van der Waals surface area contributed by atoms with Gasteiger partial charge in [-0.25, -0.2) is 0 Å². The van der Waals surface area contributed by atoms with E-state index < -0.39 is 0 Å². The first kappa shape index (κ1) is 16.5. The zero-order valence-electron chi connectivity index (χ0n) is 14.1. The predicted molar refractivity (Wildman–Crippen MR) is 86.4 cm³/mol. The molecular weight excluding hydrogens is 294 g/mol. The Balaban J connectivity index is 1.73. The summed E-state index contributed by atoms with van der Waals surface area (Å²) in [7, 11) is 0. The number of rotatable bonds is 3. The Morgan fingerprint density at radius 3 is 2.83 bits per heavy atom. The third-order valence-electron chi connectivity index (χ3n) is 5.24. The average Bonchev–Trinajstić information content (AvgIpc) is 2.96. The molecule has 3 rings (SSSR count). The maximum absolute atomic E-state index is 12.9. The third-order valence-corrected chi connectivity index (χ3v) is 5.24. The minimum absolute atomic E-state index is 0.0474. The summed E-state index contributed by atoms with van der Waals surface area (Å²) in [5.74, 6) is 0.227. The predicted octanol–water partition coefficient (Wildman–Crippen LogP) is 1.78. The van der Waals surface area contributed by atoms with Crippen LogP contribution in [0.15, 0.2) is 6.20 Å². The molecule has 2 fully saturated rings. The van der Waals surface area contributed by atoms with Gasteiger partial charge in [0.2, 0.25) is 0 Å². The van der Waals surface area contributed by atoms with Gasteiger partial charge in [-0.15, -0.1) is 0 Å². The van der Waals surface area contributed by atoms with Crippen molar-refractivity contribution in [2.24, 2.45) is 5.92 Å². The number of aromatic nitrogens is 2. The van der Waals surface area contributed by atoms with Gasteiger partial charge in [0.25, 0.3) is 5.91 Å². The first-order valence-electron chi connectivity index (χ1n) is 8.67. The zero-order chi connectivity index (χ0) is 16.4. The molecule has 0 aliphatic carbocycles. The van der Waals surface area contributed by atoms with Gasteiger partial charge in [0.1, 0.15) is 0 Å². The van der Waals surface area contributed by atoms with Crippen LogP contribution in [0, 0.1) is 12.8 Å². The van der Waals surface area contributed by atoms with E-state index in [-0.39, 0.29) is 17.9 Å². The maximum atomic E-state index is 12.9. The first-order valence-corrected chi connectivity index (χ1v) is 8.67. The van der Waals surface area contributed by atoms with E-state index in [0.29, 0.717) is 18.2 Å². The molecule has 6 heteroatoms. The van der Waals surface area contributed by atoms with Crippen LogP contribution in [0.4, 0.5) is 0 Å². The molecule has 2 aliphatic heterocycles. The summed E-state index contributed by atoms with van der Waals surface area (Å²) >= 11 is 0. The van der Waals surface area contributed by atoms with Crippen LogP contribution in [-0.2, 0) is 4.74 Å². The molecule has 0 saturated carbocycles. The number of amides is 1. The normalized spacial score (nSPS) is 24.7. The monoisotopic (exact) mass is 321 g/mol. The second-order valence-electron chi connectivity index (χ2n) is 6.83. The molecule has 3 heterocycles. The molecular formula is C17H27N3O3. The Morgan fingerprint density at radius 2 is 2.13 bits per heavy atom. The van der Waals surface area contributed by atoms with Crippen molar-refractivity contribution in [3.05, 3.63) is 17.5 Å². The van der Waals surface area contributed by atoms with E-state index in [0.717, 1.165) is 51.1 Å². The molecule has 2 atom stereocenters. The van der Waals surface area contributed by atoms with Crippen LogP contribution in [0.1, 0.15) is 54.7 Å². The SMILES string of the molecule is Cc1c(C(=O)N2CCCC(C(C)O)C2)cnn1C1CCOCC1. The molecule has 0 bridgehead atoms. The van der Waals surface area contributed by atoms with Crippen LogP contribution in [0.25, 0.3) is 0 Å². The van der Waals surface area contributed by atoms with E-state index in [9.17, 15) is 9.90 Å². The van der Waals surface area contributed by atoms with Gasteiger partial charge in [-0.05, 0) is 39.5 Å². The molecule has 6 nitrogen and oxygen atoms in total. The van der Waals surface area contributed by atoms with Gasteiger partial charge in [-0.2, -0.15) is 5.10 Å². The lowest BCUT2D eigenvalue weighted by molar-refractivity contribution is 0.0465. The molecule has 2 unspecified atom stereocenters. The summed E-state index contributed by atoms with van der Waals surface area (Å²) in [5, 5.41) is 14.3.